The van der Waals surface area contributed by atoms with Crippen molar-refractivity contribution < 1.29 is 12.4 Å². The van der Waals surface area contributed by atoms with Gasteiger partial charge in [-0.25, -0.2) is 0 Å². The van der Waals surface area contributed by atoms with Crippen LogP contribution >= 0.6 is 6.83 Å². The Kier molecular flexibility index (Phi) is 12.9. The van der Waals surface area contributed by atoms with Gasteiger partial charge in [-0.15, -0.1) is 0 Å². The Morgan fingerprint density at radius 1 is 0.677 bits per heavy atom. The normalized spacial score (nSPS) is 13.8. The molecule has 0 aliphatic rings. The fourth-order valence-corrected chi connectivity index (χ4v) is 12.6. The fraction of sp³-hybridized carbons (Fsp3) is 0.769. The minimum atomic E-state index is -3.76. The van der Waals surface area contributed by atoms with Gasteiger partial charge in [-0.1, -0.05) is 0 Å². The summed E-state index contributed by atoms with van der Waals surface area (Å²) in [6, 6.07) is 7.14. The molecule has 5 heteroatoms. The van der Waals surface area contributed by atoms with Gasteiger partial charge >= 0.3 is 194 Å². The molecule has 0 aromatic heterocycles. The quantitative estimate of drug-likeness (QED) is 0.159. The molecular formula is C26H49O3PS. The van der Waals surface area contributed by atoms with Gasteiger partial charge in [-0.2, -0.15) is 0 Å². The third-order valence-corrected chi connectivity index (χ3v) is 14.8. The van der Waals surface area contributed by atoms with Crippen LogP contribution in [0.25, 0.3) is 0 Å². The first kappa shape index (κ1) is 28.6. The van der Waals surface area contributed by atoms with Gasteiger partial charge in [0.05, 0.1) is 0 Å². The zero-order chi connectivity index (χ0) is 23.2. The fourth-order valence-electron chi connectivity index (χ4n) is 4.46. The van der Waals surface area contributed by atoms with Crippen LogP contribution < -0.4 is 0 Å². The van der Waals surface area contributed by atoms with E-state index in [1.165, 1.54) is 57.8 Å². The summed E-state index contributed by atoms with van der Waals surface area (Å²) in [6.45, 7) is 8.03. The molecule has 182 valence electrons. The van der Waals surface area contributed by atoms with Crippen molar-refractivity contribution in [2.24, 2.45) is 0 Å². The molecule has 0 N–H and O–H groups in total. The molecule has 0 saturated carbocycles. The van der Waals surface area contributed by atoms with Gasteiger partial charge in [0.1, 0.15) is 0 Å². The van der Waals surface area contributed by atoms with Crippen LogP contribution in [-0.4, -0.2) is 33.6 Å². The first-order valence-electron chi connectivity index (χ1n) is 12.7. The van der Waals surface area contributed by atoms with Crippen molar-refractivity contribution in [3.63, 3.8) is 0 Å². The van der Waals surface area contributed by atoms with Crippen molar-refractivity contribution in [3.8, 4) is 0 Å². The molecule has 1 rings (SSSR count). The van der Waals surface area contributed by atoms with Crippen LogP contribution in [0.1, 0.15) is 103 Å². The average Bonchev–Trinajstić information content (AvgIpc) is 2.72. The van der Waals surface area contributed by atoms with Crippen molar-refractivity contribution in [1.82, 2.24) is 0 Å². The maximum absolute atomic E-state index is 13.4. The van der Waals surface area contributed by atoms with E-state index >= 15 is 0 Å². The first-order valence-corrected chi connectivity index (χ1v) is 17.3. The Morgan fingerprint density at radius 2 is 1.06 bits per heavy atom. The molecule has 0 atom stereocenters. The second kappa shape index (κ2) is 14.0. The Hall–Kier alpha value is -0.440. The second-order valence-electron chi connectivity index (χ2n) is 9.88. The van der Waals surface area contributed by atoms with Crippen molar-refractivity contribution in [2.75, 3.05) is 25.2 Å². The number of hydrogen-bond donors (Lipinski definition) is 0. The molecule has 0 fully saturated rings. The van der Waals surface area contributed by atoms with Crippen molar-refractivity contribution in [3.05, 3.63) is 29.8 Å². The Labute approximate surface area is 193 Å². The molecule has 0 spiro atoms. The van der Waals surface area contributed by atoms with Crippen LogP contribution in [0.2, 0.25) is 0 Å². The van der Waals surface area contributed by atoms with Crippen molar-refractivity contribution in [2.45, 2.75) is 110 Å². The molecule has 0 heterocycles. The molecule has 0 unspecified atom stereocenters. The van der Waals surface area contributed by atoms with E-state index in [-0.39, 0.29) is 0 Å². The molecule has 0 aliphatic heterocycles. The summed E-state index contributed by atoms with van der Waals surface area (Å²) in [5, 5.41) is 0. The number of rotatable bonds is 18. The van der Waals surface area contributed by atoms with Gasteiger partial charge in [0.2, 0.25) is 0 Å². The van der Waals surface area contributed by atoms with E-state index in [9.17, 15) is 8.42 Å². The molecule has 1 aromatic carbocycles. The molecule has 3 nitrogen and oxygen atoms in total. The minimum absolute atomic E-state index is 0.310. The summed E-state index contributed by atoms with van der Waals surface area (Å²) in [7, 11) is -3.76. The third-order valence-electron chi connectivity index (χ3n) is 6.57. The first-order chi connectivity index (χ1) is 14.7. The average molecular weight is 473 g/mol. The van der Waals surface area contributed by atoms with E-state index in [4.69, 9.17) is 3.97 Å². The van der Waals surface area contributed by atoms with Crippen LogP contribution in [0.15, 0.2) is 29.2 Å². The van der Waals surface area contributed by atoms with Crippen LogP contribution in [0.3, 0.4) is 0 Å². The molecule has 1 aromatic rings. The number of unbranched alkanes of at least 4 members (excludes halogenated alkanes) is 9. The van der Waals surface area contributed by atoms with Crippen molar-refractivity contribution >= 4 is 16.9 Å². The summed E-state index contributed by atoms with van der Waals surface area (Å²) in [6.07, 6.45) is 16.8. The predicted octanol–water partition coefficient (Wildman–Crippen LogP) is 8.54. The SMILES string of the molecule is CCCCCCP(C)(CCCCCC)(CCCCCC)OS(=O)(=O)c1ccc(C)cc1. The molecule has 0 radical (unpaired) electrons. The molecule has 31 heavy (non-hydrogen) atoms. The summed E-state index contributed by atoms with van der Waals surface area (Å²) in [5.74, 6) is 0. The maximum atomic E-state index is 13.4. The van der Waals surface area contributed by atoms with Crippen LogP contribution in [0.5, 0.6) is 0 Å². The van der Waals surface area contributed by atoms with Crippen LogP contribution in [-0.2, 0) is 14.1 Å². The van der Waals surface area contributed by atoms with Gasteiger partial charge in [0.15, 0.2) is 0 Å². The molecule has 0 aliphatic carbocycles. The summed E-state index contributed by atoms with van der Waals surface area (Å²) in [5.41, 5.74) is 1.06. The van der Waals surface area contributed by atoms with Gasteiger partial charge < -0.3 is 0 Å². The molecular weight excluding hydrogens is 423 g/mol. The number of hydrogen-bond acceptors (Lipinski definition) is 3. The zero-order valence-electron chi connectivity index (χ0n) is 21.0. The van der Waals surface area contributed by atoms with E-state index in [0.29, 0.717) is 4.90 Å². The van der Waals surface area contributed by atoms with Crippen LogP contribution in [0.4, 0.5) is 0 Å². The Bertz CT molecular complexity index is 679. The van der Waals surface area contributed by atoms with Crippen LogP contribution in [0, 0.1) is 6.92 Å². The number of aryl methyl sites for hydroxylation is 1. The van der Waals surface area contributed by atoms with Gasteiger partial charge in [0, 0.05) is 0 Å². The molecule has 0 amide bonds. The van der Waals surface area contributed by atoms with E-state index in [1.54, 1.807) is 12.1 Å². The van der Waals surface area contributed by atoms with E-state index < -0.39 is 16.9 Å². The summed E-state index contributed by atoms with van der Waals surface area (Å²) >= 11 is 0. The Balaban J connectivity index is 3.20. The van der Waals surface area contributed by atoms with Crippen molar-refractivity contribution in [1.29, 1.82) is 0 Å². The third kappa shape index (κ3) is 10.4. The van der Waals surface area contributed by atoms with E-state index in [2.05, 4.69) is 27.4 Å². The molecule has 0 saturated heterocycles. The van der Waals surface area contributed by atoms with Gasteiger partial charge in [-0.3, -0.25) is 0 Å². The van der Waals surface area contributed by atoms with E-state index in [1.807, 2.05) is 19.1 Å². The standard InChI is InChI=1S/C26H49O3PS/c1-6-9-12-15-22-30(5,23-16-13-10-7-2,24-17-14-11-8-3)29-31(27,28)26-20-18-25(4)19-21-26/h18-21H,6-17,22-24H2,1-5H3. The van der Waals surface area contributed by atoms with Gasteiger partial charge in [-0.05, 0) is 0 Å². The monoisotopic (exact) mass is 472 g/mol. The zero-order valence-corrected chi connectivity index (χ0v) is 22.7. The summed E-state index contributed by atoms with van der Waals surface area (Å²) in [4.78, 5) is 0.310. The summed E-state index contributed by atoms with van der Waals surface area (Å²) < 4.78 is 33.4. The second-order valence-corrected chi connectivity index (χ2v) is 17.6. The van der Waals surface area contributed by atoms with E-state index in [0.717, 1.165) is 43.3 Å². The topological polar surface area (TPSA) is 43.4 Å². The predicted molar refractivity (Wildman–Crippen MR) is 139 cm³/mol. The molecule has 0 bridgehead atoms. The number of benzene rings is 1. The Morgan fingerprint density at radius 3 is 1.42 bits per heavy atom. The van der Waals surface area contributed by atoms with Gasteiger partial charge in [0.25, 0.3) is 0 Å².